The van der Waals surface area contributed by atoms with Crippen LogP contribution in [0.15, 0.2) is 30.5 Å². The van der Waals surface area contributed by atoms with Gasteiger partial charge in [0, 0.05) is 11.8 Å². The quantitative estimate of drug-likeness (QED) is 0.211. The van der Waals surface area contributed by atoms with E-state index in [-0.39, 0.29) is 40.1 Å². The van der Waals surface area contributed by atoms with Crippen LogP contribution in [0.1, 0.15) is 109 Å². The smallest absolute Gasteiger partial charge is 0.427 e. The number of hydrogen-bond donors (Lipinski definition) is 0. The van der Waals surface area contributed by atoms with Gasteiger partial charge in [0.2, 0.25) is 11.8 Å². The number of anilines is 1. The predicted octanol–water partition coefficient (Wildman–Crippen LogP) is 6.86. The molecule has 0 radical (unpaired) electrons. The number of carbonyl (C=O) groups is 5. The highest BCUT2D eigenvalue weighted by molar-refractivity contribution is 6.21. The number of rotatable bonds is 4. The molecule has 1 aliphatic rings. The highest BCUT2D eigenvalue weighted by Gasteiger charge is 2.39. The molecule has 0 N–H and O–H groups in total. The minimum atomic E-state index is -1.14. The van der Waals surface area contributed by atoms with Crippen LogP contribution in [0.3, 0.4) is 0 Å². The summed E-state index contributed by atoms with van der Waals surface area (Å²) in [7, 11) is 0. The standard InChI is InChI=1S/C34H43N5O9/c1-31(2,3)45-24-22-19(18-38-25(40)20-15-13-14-16-21(20)26(38)41)17-37(28(42)46-32(4,5)6)23(22)35-27(36-24)39(29(43)47-33(7,8)9)30(44)48-34(10,11)12/h13-17H,18H2,1-12H3. The third-order valence-corrected chi connectivity index (χ3v) is 6.23. The van der Waals surface area contributed by atoms with Crippen molar-refractivity contribution in [2.45, 2.75) is 112 Å². The molecular formula is C34H43N5O9. The lowest BCUT2D eigenvalue weighted by Crippen LogP contribution is -2.44. The summed E-state index contributed by atoms with van der Waals surface area (Å²) in [6.45, 7) is 19.7. The van der Waals surface area contributed by atoms with Crippen LogP contribution >= 0.6 is 0 Å². The molecule has 2 aromatic heterocycles. The van der Waals surface area contributed by atoms with Crippen molar-refractivity contribution in [3.63, 3.8) is 0 Å². The van der Waals surface area contributed by atoms with Gasteiger partial charge >= 0.3 is 18.3 Å². The van der Waals surface area contributed by atoms with Gasteiger partial charge < -0.3 is 18.9 Å². The zero-order valence-electron chi connectivity index (χ0n) is 29.5. The van der Waals surface area contributed by atoms with Crippen molar-refractivity contribution in [1.82, 2.24) is 19.4 Å². The van der Waals surface area contributed by atoms with Crippen molar-refractivity contribution < 1.29 is 42.9 Å². The summed E-state index contributed by atoms with van der Waals surface area (Å²) in [5.41, 5.74) is -3.26. The average molecular weight is 666 g/mol. The second-order valence-corrected chi connectivity index (χ2v) is 15.3. The average Bonchev–Trinajstić information content (AvgIpc) is 3.36. The number of carbonyl (C=O) groups excluding carboxylic acids is 5. The van der Waals surface area contributed by atoms with E-state index in [9.17, 15) is 24.0 Å². The van der Waals surface area contributed by atoms with Crippen molar-refractivity contribution in [2.24, 2.45) is 0 Å². The Labute approximate surface area is 279 Å². The van der Waals surface area contributed by atoms with Gasteiger partial charge in [0.15, 0.2) is 5.65 Å². The molecule has 0 fully saturated rings. The molecule has 3 heterocycles. The SMILES string of the molecule is CC(C)(C)OC(=O)N(C(=O)OC(C)(C)C)c1nc(OC(C)(C)C)c2c(CN3C(=O)c4ccccc4C3=O)cn(C(=O)OC(C)(C)C)c2n1. The van der Waals surface area contributed by atoms with E-state index >= 15 is 0 Å². The number of amides is 4. The Hall–Kier alpha value is -5.01. The molecule has 14 heteroatoms. The van der Waals surface area contributed by atoms with Gasteiger partial charge in [-0.25, -0.2) is 19.0 Å². The molecule has 48 heavy (non-hydrogen) atoms. The Morgan fingerprint density at radius 2 is 1.19 bits per heavy atom. The Morgan fingerprint density at radius 1 is 0.708 bits per heavy atom. The molecular weight excluding hydrogens is 622 g/mol. The van der Waals surface area contributed by atoms with Crippen molar-refractivity contribution in [1.29, 1.82) is 0 Å². The first-order chi connectivity index (χ1) is 21.8. The van der Waals surface area contributed by atoms with Gasteiger partial charge in [0.05, 0.1) is 23.1 Å². The summed E-state index contributed by atoms with van der Waals surface area (Å²) >= 11 is 0. The second-order valence-electron chi connectivity index (χ2n) is 15.3. The summed E-state index contributed by atoms with van der Waals surface area (Å²) in [6, 6.07) is 6.44. The third-order valence-electron chi connectivity index (χ3n) is 6.23. The highest BCUT2D eigenvalue weighted by atomic mass is 16.6. The zero-order chi connectivity index (χ0) is 36.1. The van der Waals surface area contributed by atoms with Crippen molar-refractivity contribution in [3.8, 4) is 5.88 Å². The van der Waals surface area contributed by atoms with Crippen LogP contribution in [-0.4, -0.2) is 71.9 Å². The lowest BCUT2D eigenvalue weighted by atomic mass is 10.1. The Balaban J connectivity index is 2.00. The van der Waals surface area contributed by atoms with Gasteiger partial charge in [-0.05, 0) is 95.2 Å². The monoisotopic (exact) mass is 665 g/mol. The van der Waals surface area contributed by atoms with E-state index in [0.29, 0.717) is 4.90 Å². The minimum Gasteiger partial charge on any atom is -0.471 e. The molecule has 0 spiro atoms. The van der Waals surface area contributed by atoms with Crippen molar-refractivity contribution in [2.75, 3.05) is 4.90 Å². The normalized spacial score (nSPS) is 13.8. The molecule has 258 valence electrons. The number of hydrogen-bond acceptors (Lipinski definition) is 11. The molecule has 0 unspecified atom stereocenters. The summed E-state index contributed by atoms with van der Waals surface area (Å²) < 4.78 is 24.0. The molecule has 0 aliphatic carbocycles. The van der Waals surface area contributed by atoms with Gasteiger partial charge in [-0.3, -0.25) is 14.5 Å². The predicted molar refractivity (Wildman–Crippen MR) is 175 cm³/mol. The van der Waals surface area contributed by atoms with Crippen LogP contribution < -0.4 is 9.64 Å². The molecule has 4 rings (SSSR count). The van der Waals surface area contributed by atoms with Gasteiger partial charge in [0.25, 0.3) is 11.8 Å². The van der Waals surface area contributed by atoms with Crippen LogP contribution in [0.25, 0.3) is 11.0 Å². The molecule has 0 atom stereocenters. The largest absolute Gasteiger partial charge is 0.471 e. The van der Waals surface area contributed by atoms with Crippen LogP contribution in [0, 0.1) is 0 Å². The Morgan fingerprint density at radius 3 is 1.62 bits per heavy atom. The first-order valence-corrected chi connectivity index (χ1v) is 15.4. The molecule has 0 saturated heterocycles. The minimum absolute atomic E-state index is 0.128. The van der Waals surface area contributed by atoms with E-state index in [1.807, 2.05) is 0 Å². The lowest BCUT2D eigenvalue weighted by Gasteiger charge is -2.28. The number of imide groups is 2. The van der Waals surface area contributed by atoms with E-state index < -0.39 is 58.4 Å². The first kappa shape index (κ1) is 35.8. The van der Waals surface area contributed by atoms with E-state index in [1.54, 1.807) is 107 Å². The fourth-order valence-electron chi connectivity index (χ4n) is 4.59. The van der Waals surface area contributed by atoms with Crippen LogP contribution in [0.4, 0.5) is 20.3 Å². The molecule has 1 aromatic carbocycles. The Bertz CT molecular complexity index is 1740. The first-order valence-electron chi connectivity index (χ1n) is 15.4. The van der Waals surface area contributed by atoms with Crippen LogP contribution in [-0.2, 0) is 20.8 Å². The molecule has 3 aromatic rings. The van der Waals surface area contributed by atoms with Gasteiger partial charge in [-0.1, -0.05) is 12.1 Å². The number of aromatic nitrogens is 3. The summed E-state index contributed by atoms with van der Waals surface area (Å²) in [6.07, 6.45) is -1.78. The Kier molecular flexibility index (Phi) is 9.12. The third kappa shape index (κ3) is 8.09. The molecule has 4 amide bonds. The maximum atomic E-state index is 13.6. The number of ether oxygens (including phenoxy) is 4. The van der Waals surface area contributed by atoms with Gasteiger partial charge in [-0.2, -0.15) is 9.97 Å². The van der Waals surface area contributed by atoms with Gasteiger partial charge in [-0.15, -0.1) is 4.90 Å². The molecule has 1 aliphatic heterocycles. The summed E-state index contributed by atoms with van der Waals surface area (Å²) in [5, 5.41) is 0.143. The number of fused-ring (bicyclic) bond motifs is 2. The van der Waals surface area contributed by atoms with E-state index in [2.05, 4.69) is 9.97 Å². The topological polar surface area (TPSA) is 159 Å². The number of nitrogens with zero attached hydrogens (tertiary/aromatic N) is 5. The van der Waals surface area contributed by atoms with E-state index in [4.69, 9.17) is 18.9 Å². The fourth-order valence-corrected chi connectivity index (χ4v) is 4.59. The van der Waals surface area contributed by atoms with Crippen molar-refractivity contribution >= 4 is 47.1 Å². The van der Waals surface area contributed by atoms with Gasteiger partial charge in [0.1, 0.15) is 22.4 Å². The number of benzene rings is 1. The maximum Gasteiger partial charge on any atom is 0.427 e. The van der Waals surface area contributed by atoms with E-state index in [1.165, 1.54) is 6.20 Å². The second kappa shape index (κ2) is 12.2. The van der Waals surface area contributed by atoms with E-state index in [0.717, 1.165) is 9.47 Å². The molecule has 0 bridgehead atoms. The fraction of sp³-hybridized carbons (Fsp3) is 0.500. The zero-order valence-corrected chi connectivity index (χ0v) is 29.5. The molecule has 0 saturated carbocycles. The van der Waals surface area contributed by atoms with Crippen LogP contribution in [0.5, 0.6) is 5.88 Å². The summed E-state index contributed by atoms with van der Waals surface area (Å²) in [4.78, 5) is 78.0. The van der Waals surface area contributed by atoms with Crippen molar-refractivity contribution in [3.05, 3.63) is 47.2 Å². The summed E-state index contributed by atoms with van der Waals surface area (Å²) in [5.74, 6) is -1.70. The lowest BCUT2D eigenvalue weighted by molar-refractivity contribution is 0.0424. The maximum absolute atomic E-state index is 13.6. The molecule has 14 nitrogen and oxygen atoms in total. The van der Waals surface area contributed by atoms with Crippen LogP contribution in [0.2, 0.25) is 0 Å². The highest BCUT2D eigenvalue weighted by Crippen LogP contribution is 2.36.